The molecule has 178 valence electrons. The Morgan fingerprint density at radius 3 is 2.25 bits per heavy atom. The first-order valence-electron chi connectivity index (χ1n) is 11.6. The average Bonchev–Trinajstić information content (AvgIpc) is 3.23. The van der Waals surface area contributed by atoms with Gasteiger partial charge >= 0.3 is 0 Å². The van der Waals surface area contributed by atoms with E-state index in [0.717, 1.165) is 22.3 Å². The first-order chi connectivity index (χ1) is 17.5. The second-order valence-electron chi connectivity index (χ2n) is 8.48. The molecular weight excluding hydrogens is 452 g/mol. The molecule has 0 spiro atoms. The number of ether oxygens (including phenoxy) is 3. The van der Waals surface area contributed by atoms with Crippen LogP contribution in [0.1, 0.15) is 31.8 Å². The SMILES string of the molecule is COc1ccc(C(=O)COc2cc(C)c3c(c2)O/C(=C\c2ccc(-c4ccccc4)cc2)C3=O)cc1. The largest absolute Gasteiger partial charge is 0.497 e. The Bertz CT molecular complexity index is 1450. The van der Waals surface area contributed by atoms with Crippen LogP contribution in [0.15, 0.2) is 96.8 Å². The molecule has 0 aliphatic carbocycles. The van der Waals surface area contributed by atoms with Gasteiger partial charge in [-0.05, 0) is 65.6 Å². The number of hydrogen-bond acceptors (Lipinski definition) is 5. The van der Waals surface area contributed by atoms with E-state index in [-0.39, 0.29) is 23.9 Å². The van der Waals surface area contributed by atoms with Gasteiger partial charge in [-0.25, -0.2) is 0 Å². The van der Waals surface area contributed by atoms with Gasteiger partial charge in [-0.3, -0.25) is 9.59 Å². The molecule has 5 rings (SSSR count). The molecule has 0 unspecified atom stereocenters. The second kappa shape index (κ2) is 9.92. The van der Waals surface area contributed by atoms with E-state index in [2.05, 4.69) is 12.1 Å². The minimum absolute atomic E-state index is 0.130. The van der Waals surface area contributed by atoms with Crippen LogP contribution in [0, 0.1) is 6.92 Å². The lowest BCUT2D eigenvalue weighted by molar-refractivity contribution is 0.0920. The minimum atomic E-state index is -0.171. The van der Waals surface area contributed by atoms with Gasteiger partial charge in [-0.15, -0.1) is 0 Å². The van der Waals surface area contributed by atoms with Crippen molar-refractivity contribution in [2.24, 2.45) is 0 Å². The van der Waals surface area contributed by atoms with Gasteiger partial charge < -0.3 is 14.2 Å². The molecule has 0 saturated carbocycles. The number of methoxy groups -OCH3 is 1. The van der Waals surface area contributed by atoms with Crippen LogP contribution in [0.3, 0.4) is 0 Å². The number of ketones is 2. The lowest BCUT2D eigenvalue weighted by Crippen LogP contribution is -2.11. The van der Waals surface area contributed by atoms with Crippen molar-refractivity contribution in [2.45, 2.75) is 6.92 Å². The third-order valence-corrected chi connectivity index (χ3v) is 6.04. The predicted molar refractivity (Wildman–Crippen MR) is 139 cm³/mol. The number of rotatable bonds is 7. The summed E-state index contributed by atoms with van der Waals surface area (Å²) in [5.41, 5.74) is 4.87. The summed E-state index contributed by atoms with van der Waals surface area (Å²) in [4.78, 5) is 25.5. The monoisotopic (exact) mass is 476 g/mol. The zero-order valence-corrected chi connectivity index (χ0v) is 20.0. The highest BCUT2D eigenvalue weighted by Crippen LogP contribution is 2.37. The van der Waals surface area contributed by atoms with Crippen molar-refractivity contribution in [3.63, 3.8) is 0 Å². The second-order valence-corrected chi connectivity index (χ2v) is 8.48. The highest BCUT2D eigenvalue weighted by atomic mass is 16.5. The normalized spacial score (nSPS) is 13.3. The highest BCUT2D eigenvalue weighted by molar-refractivity contribution is 6.15. The molecule has 4 aromatic carbocycles. The smallest absolute Gasteiger partial charge is 0.232 e. The molecule has 4 aromatic rings. The van der Waals surface area contributed by atoms with Crippen LogP contribution in [0.25, 0.3) is 17.2 Å². The predicted octanol–water partition coefficient (Wildman–Crippen LogP) is 6.55. The minimum Gasteiger partial charge on any atom is -0.497 e. The van der Waals surface area contributed by atoms with Crippen molar-refractivity contribution in [3.8, 4) is 28.4 Å². The van der Waals surface area contributed by atoms with E-state index in [9.17, 15) is 9.59 Å². The van der Waals surface area contributed by atoms with Crippen LogP contribution in [0.2, 0.25) is 0 Å². The Morgan fingerprint density at radius 2 is 1.56 bits per heavy atom. The fourth-order valence-electron chi connectivity index (χ4n) is 4.12. The van der Waals surface area contributed by atoms with Gasteiger partial charge in [0.15, 0.2) is 18.1 Å². The summed E-state index contributed by atoms with van der Waals surface area (Å²) in [6.45, 7) is 1.70. The number of aryl methyl sites for hydroxylation is 1. The maximum absolute atomic E-state index is 13.0. The number of benzene rings is 4. The van der Waals surface area contributed by atoms with Crippen molar-refractivity contribution in [3.05, 3.63) is 119 Å². The Hall–Kier alpha value is -4.64. The Morgan fingerprint density at radius 1 is 0.861 bits per heavy atom. The van der Waals surface area contributed by atoms with Crippen LogP contribution in [0.4, 0.5) is 0 Å². The van der Waals surface area contributed by atoms with Gasteiger partial charge in [-0.2, -0.15) is 0 Å². The van der Waals surface area contributed by atoms with Gasteiger partial charge in [0.2, 0.25) is 5.78 Å². The molecule has 0 radical (unpaired) electrons. The molecule has 5 nitrogen and oxygen atoms in total. The van der Waals surface area contributed by atoms with Crippen molar-refractivity contribution >= 4 is 17.6 Å². The molecule has 36 heavy (non-hydrogen) atoms. The summed E-state index contributed by atoms with van der Waals surface area (Å²) in [5, 5.41) is 0. The standard InChI is InChI=1S/C31H24O5/c1-20-16-26(35-19-27(32)24-12-14-25(34-2)15-13-24)18-28-30(20)31(33)29(36-28)17-21-8-10-23(11-9-21)22-6-4-3-5-7-22/h3-18H,19H2,1-2H3/b29-17-. The summed E-state index contributed by atoms with van der Waals surface area (Å²) in [6, 6.07) is 28.3. The molecule has 5 heteroatoms. The highest BCUT2D eigenvalue weighted by Gasteiger charge is 2.30. The zero-order valence-electron chi connectivity index (χ0n) is 20.0. The molecule has 1 aliphatic heterocycles. The lowest BCUT2D eigenvalue weighted by Gasteiger charge is -2.09. The summed E-state index contributed by atoms with van der Waals surface area (Å²) < 4.78 is 16.8. The van der Waals surface area contributed by atoms with E-state index in [1.54, 1.807) is 49.6 Å². The van der Waals surface area contributed by atoms with E-state index in [1.165, 1.54) is 0 Å². The molecular formula is C31H24O5. The first-order valence-corrected chi connectivity index (χ1v) is 11.6. The fourth-order valence-corrected chi connectivity index (χ4v) is 4.12. The first kappa shape index (κ1) is 23.1. The molecule has 0 saturated heterocycles. The lowest BCUT2D eigenvalue weighted by atomic mass is 10.0. The number of fused-ring (bicyclic) bond motifs is 1. The van der Waals surface area contributed by atoms with Gasteiger partial charge in [-0.1, -0.05) is 54.6 Å². The Balaban J connectivity index is 1.30. The quantitative estimate of drug-likeness (QED) is 0.224. The number of allylic oxidation sites excluding steroid dienone is 1. The summed E-state index contributed by atoms with van der Waals surface area (Å²) >= 11 is 0. The van der Waals surface area contributed by atoms with Gasteiger partial charge in [0.05, 0.1) is 12.7 Å². The topological polar surface area (TPSA) is 61.8 Å². The number of hydrogen-bond donors (Lipinski definition) is 0. The van der Waals surface area contributed by atoms with Crippen molar-refractivity contribution < 1.29 is 23.8 Å². The average molecular weight is 477 g/mol. The van der Waals surface area contributed by atoms with Gasteiger partial charge in [0.1, 0.15) is 17.2 Å². The van der Waals surface area contributed by atoms with E-state index < -0.39 is 0 Å². The fraction of sp³-hybridized carbons (Fsp3) is 0.0968. The summed E-state index contributed by atoms with van der Waals surface area (Å²) in [5.74, 6) is 1.50. The molecule has 1 heterocycles. The molecule has 1 aliphatic rings. The van der Waals surface area contributed by atoms with Gasteiger partial charge in [0, 0.05) is 11.6 Å². The van der Waals surface area contributed by atoms with Crippen molar-refractivity contribution in [1.82, 2.24) is 0 Å². The maximum atomic E-state index is 13.0. The number of carbonyl (C=O) groups is 2. The maximum Gasteiger partial charge on any atom is 0.232 e. The van der Waals surface area contributed by atoms with Crippen LogP contribution in [-0.2, 0) is 0 Å². The third-order valence-electron chi connectivity index (χ3n) is 6.04. The van der Waals surface area contributed by atoms with Crippen LogP contribution in [-0.4, -0.2) is 25.3 Å². The van der Waals surface area contributed by atoms with Crippen LogP contribution < -0.4 is 14.2 Å². The van der Waals surface area contributed by atoms with Crippen molar-refractivity contribution in [1.29, 1.82) is 0 Å². The molecule has 0 atom stereocenters. The summed E-state index contributed by atoms with van der Waals surface area (Å²) in [6.07, 6.45) is 1.74. The molecule has 0 amide bonds. The molecule has 0 aromatic heterocycles. The van der Waals surface area contributed by atoms with E-state index in [0.29, 0.717) is 28.4 Å². The van der Waals surface area contributed by atoms with Crippen LogP contribution in [0.5, 0.6) is 17.2 Å². The molecule has 0 bridgehead atoms. The van der Waals surface area contributed by atoms with Crippen LogP contribution >= 0.6 is 0 Å². The number of Topliss-reactive ketones (excluding diaryl/α,β-unsaturated/α-hetero) is 2. The van der Waals surface area contributed by atoms with E-state index in [1.807, 2.05) is 49.4 Å². The number of carbonyl (C=O) groups excluding carboxylic acids is 2. The van der Waals surface area contributed by atoms with E-state index >= 15 is 0 Å². The summed E-state index contributed by atoms with van der Waals surface area (Å²) in [7, 11) is 1.57. The van der Waals surface area contributed by atoms with Crippen molar-refractivity contribution in [2.75, 3.05) is 13.7 Å². The zero-order chi connectivity index (χ0) is 25.1. The van der Waals surface area contributed by atoms with Gasteiger partial charge in [0.25, 0.3) is 0 Å². The molecule has 0 fully saturated rings. The molecule has 0 N–H and O–H groups in total. The Labute approximate surface area is 209 Å². The third kappa shape index (κ3) is 4.77. The van der Waals surface area contributed by atoms with E-state index in [4.69, 9.17) is 14.2 Å². The Kier molecular flexibility index (Phi) is 6.37.